The summed E-state index contributed by atoms with van der Waals surface area (Å²) in [4.78, 5) is 2.31. The second kappa shape index (κ2) is 5.09. The first-order chi connectivity index (χ1) is 8.65. The van der Waals surface area contributed by atoms with Gasteiger partial charge in [0.15, 0.2) is 0 Å². The quantitative estimate of drug-likeness (QED) is 0.835. The summed E-state index contributed by atoms with van der Waals surface area (Å²) in [7, 11) is 0. The minimum atomic E-state index is 0.513. The summed E-state index contributed by atoms with van der Waals surface area (Å²) < 4.78 is 0. The summed E-state index contributed by atoms with van der Waals surface area (Å²) in [5.41, 5.74) is 0.998. The van der Waals surface area contributed by atoms with Crippen LogP contribution in [0.2, 0.25) is 15.1 Å². The van der Waals surface area contributed by atoms with Crippen LogP contribution in [0.4, 0.5) is 5.69 Å². The van der Waals surface area contributed by atoms with Crippen molar-refractivity contribution in [1.29, 1.82) is 0 Å². The molecule has 0 radical (unpaired) electrons. The predicted octanol–water partition coefficient (Wildman–Crippen LogP) is 3.84. The zero-order valence-electron chi connectivity index (χ0n) is 9.93. The smallest absolute Gasteiger partial charge is 0.0655 e. The molecular weight excluding hydrogens is 291 g/mol. The van der Waals surface area contributed by atoms with Gasteiger partial charge in [-0.3, -0.25) is 0 Å². The highest BCUT2D eigenvalue weighted by atomic mass is 35.5. The van der Waals surface area contributed by atoms with Crippen molar-refractivity contribution in [2.45, 2.75) is 18.9 Å². The fourth-order valence-electron chi connectivity index (χ4n) is 2.57. The molecule has 18 heavy (non-hydrogen) atoms. The first-order valence-corrected chi connectivity index (χ1v) is 7.41. The maximum absolute atomic E-state index is 6.27. The number of hydrogen-bond acceptors (Lipinski definition) is 2. The van der Waals surface area contributed by atoms with Crippen molar-refractivity contribution in [3.8, 4) is 0 Å². The SMILES string of the molecule is Clc1cc(Cl)c(N2CCNC(C3CC3)C2)cc1Cl. The van der Waals surface area contributed by atoms with Crippen molar-refractivity contribution in [3.05, 3.63) is 27.2 Å². The van der Waals surface area contributed by atoms with Crippen molar-refractivity contribution >= 4 is 40.5 Å². The molecule has 1 saturated carbocycles. The summed E-state index contributed by atoms with van der Waals surface area (Å²) in [6.07, 6.45) is 2.70. The van der Waals surface area contributed by atoms with Crippen molar-refractivity contribution < 1.29 is 0 Å². The van der Waals surface area contributed by atoms with E-state index in [-0.39, 0.29) is 0 Å². The molecule has 1 aromatic rings. The van der Waals surface area contributed by atoms with E-state index in [1.54, 1.807) is 6.07 Å². The second-order valence-electron chi connectivity index (χ2n) is 5.06. The van der Waals surface area contributed by atoms with Gasteiger partial charge in [-0.25, -0.2) is 0 Å². The van der Waals surface area contributed by atoms with Crippen LogP contribution in [0.15, 0.2) is 12.1 Å². The molecule has 0 amide bonds. The van der Waals surface area contributed by atoms with Crippen LogP contribution in [0.1, 0.15) is 12.8 Å². The Balaban J connectivity index is 1.82. The number of anilines is 1. The van der Waals surface area contributed by atoms with E-state index in [1.807, 2.05) is 6.07 Å². The van der Waals surface area contributed by atoms with Crippen LogP contribution >= 0.6 is 34.8 Å². The van der Waals surface area contributed by atoms with Crippen LogP contribution < -0.4 is 10.2 Å². The Morgan fingerprint density at radius 3 is 2.50 bits per heavy atom. The molecule has 0 bridgehead atoms. The van der Waals surface area contributed by atoms with Crippen LogP contribution in [0.25, 0.3) is 0 Å². The minimum Gasteiger partial charge on any atom is -0.367 e. The molecule has 0 spiro atoms. The molecule has 5 heteroatoms. The number of halogens is 3. The van der Waals surface area contributed by atoms with Crippen LogP contribution in [0.3, 0.4) is 0 Å². The van der Waals surface area contributed by atoms with E-state index in [0.717, 1.165) is 31.2 Å². The molecule has 1 aliphatic heterocycles. The zero-order valence-corrected chi connectivity index (χ0v) is 12.2. The normalized spacial score (nSPS) is 24.4. The molecule has 1 heterocycles. The maximum atomic E-state index is 6.27. The first kappa shape index (κ1) is 12.9. The third-order valence-corrected chi connectivity index (χ3v) is 4.75. The van der Waals surface area contributed by atoms with E-state index in [9.17, 15) is 0 Å². The topological polar surface area (TPSA) is 15.3 Å². The van der Waals surface area contributed by atoms with Gasteiger partial charge in [0.2, 0.25) is 0 Å². The van der Waals surface area contributed by atoms with Crippen LogP contribution in [0.5, 0.6) is 0 Å². The van der Waals surface area contributed by atoms with Gasteiger partial charge in [-0.2, -0.15) is 0 Å². The zero-order chi connectivity index (χ0) is 12.7. The van der Waals surface area contributed by atoms with Gasteiger partial charge < -0.3 is 10.2 Å². The Kier molecular flexibility index (Phi) is 3.63. The van der Waals surface area contributed by atoms with Gasteiger partial charge in [0, 0.05) is 25.7 Å². The molecule has 1 aliphatic carbocycles. The average Bonchev–Trinajstić information content (AvgIpc) is 3.18. The Morgan fingerprint density at radius 1 is 1.06 bits per heavy atom. The van der Waals surface area contributed by atoms with Gasteiger partial charge in [0.05, 0.1) is 20.8 Å². The van der Waals surface area contributed by atoms with E-state index in [2.05, 4.69) is 10.2 Å². The van der Waals surface area contributed by atoms with Crippen molar-refractivity contribution in [3.63, 3.8) is 0 Å². The van der Waals surface area contributed by atoms with Crippen LogP contribution in [-0.4, -0.2) is 25.7 Å². The summed E-state index contributed by atoms with van der Waals surface area (Å²) in [5.74, 6) is 0.842. The molecule has 2 nitrogen and oxygen atoms in total. The molecule has 1 atom stereocenters. The molecule has 1 saturated heterocycles. The summed E-state index contributed by atoms with van der Waals surface area (Å²) in [6, 6.07) is 4.19. The lowest BCUT2D eigenvalue weighted by atomic mass is 10.1. The third-order valence-electron chi connectivity index (χ3n) is 3.73. The number of benzene rings is 1. The molecule has 2 fully saturated rings. The standard InChI is InChI=1S/C13H15Cl3N2/c14-9-5-11(16)13(6-10(9)15)18-4-3-17-12(7-18)8-1-2-8/h5-6,8,12,17H,1-4,7H2. The minimum absolute atomic E-state index is 0.513. The molecule has 2 aliphatic rings. The average molecular weight is 306 g/mol. The number of rotatable bonds is 2. The van der Waals surface area contributed by atoms with Crippen molar-refractivity contribution in [2.75, 3.05) is 24.5 Å². The lowest BCUT2D eigenvalue weighted by Gasteiger charge is -2.36. The van der Waals surface area contributed by atoms with E-state index < -0.39 is 0 Å². The van der Waals surface area contributed by atoms with Crippen LogP contribution in [-0.2, 0) is 0 Å². The third kappa shape index (κ3) is 2.57. The molecule has 1 aromatic carbocycles. The van der Waals surface area contributed by atoms with Gasteiger partial charge in [-0.05, 0) is 30.9 Å². The molecule has 3 rings (SSSR count). The molecular formula is C13H15Cl3N2. The number of piperazine rings is 1. The van der Waals surface area contributed by atoms with E-state index in [0.29, 0.717) is 21.1 Å². The fraction of sp³-hybridized carbons (Fsp3) is 0.538. The Morgan fingerprint density at radius 2 is 1.78 bits per heavy atom. The van der Waals surface area contributed by atoms with Crippen molar-refractivity contribution in [2.24, 2.45) is 5.92 Å². The summed E-state index contributed by atoms with van der Waals surface area (Å²) >= 11 is 18.3. The number of hydrogen-bond donors (Lipinski definition) is 1. The fourth-order valence-corrected chi connectivity index (χ4v) is 3.23. The largest absolute Gasteiger partial charge is 0.367 e. The van der Waals surface area contributed by atoms with Gasteiger partial charge in [-0.15, -0.1) is 0 Å². The van der Waals surface area contributed by atoms with Gasteiger partial charge >= 0.3 is 0 Å². The summed E-state index contributed by atoms with van der Waals surface area (Å²) in [5, 5.41) is 5.34. The monoisotopic (exact) mass is 304 g/mol. The highest BCUT2D eigenvalue weighted by Crippen LogP contribution is 2.38. The Labute approximate surface area is 122 Å². The van der Waals surface area contributed by atoms with Gasteiger partial charge in [0.25, 0.3) is 0 Å². The molecule has 1 N–H and O–H groups in total. The maximum Gasteiger partial charge on any atom is 0.0655 e. The number of nitrogens with one attached hydrogen (secondary N) is 1. The van der Waals surface area contributed by atoms with E-state index in [4.69, 9.17) is 34.8 Å². The van der Waals surface area contributed by atoms with E-state index in [1.165, 1.54) is 12.8 Å². The second-order valence-corrected chi connectivity index (χ2v) is 6.28. The Hall–Kier alpha value is -0.150. The summed E-state index contributed by atoms with van der Waals surface area (Å²) in [6.45, 7) is 2.96. The Bertz CT molecular complexity index is 460. The first-order valence-electron chi connectivity index (χ1n) is 6.28. The molecule has 98 valence electrons. The molecule has 0 aromatic heterocycles. The van der Waals surface area contributed by atoms with E-state index >= 15 is 0 Å². The highest BCUT2D eigenvalue weighted by molar-refractivity contribution is 6.44. The highest BCUT2D eigenvalue weighted by Gasteiger charge is 2.34. The molecule has 1 unspecified atom stereocenters. The number of nitrogens with zero attached hydrogens (tertiary/aromatic N) is 1. The lowest BCUT2D eigenvalue weighted by molar-refractivity contribution is 0.419. The lowest BCUT2D eigenvalue weighted by Crippen LogP contribution is -2.51. The van der Waals surface area contributed by atoms with Gasteiger partial charge in [0.1, 0.15) is 0 Å². The predicted molar refractivity (Wildman–Crippen MR) is 78.2 cm³/mol. The van der Waals surface area contributed by atoms with Crippen molar-refractivity contribution in [1.82, 2.24) is 5.32 Å². The van der Waals surface area contributed by atoms with Gasteiger partial charge in [-0.1, -0.05) is 34.8 Å². The van der Waals surface area contributed by atoms with Crippen LogP contribution in [0, 0.1) is 5.92 Å².